The number of Topliss-reactive ketones (excluding diaryl/α,β-unsaturated/α-hetero) is 1. The summed E-state index contributed by atoms with van der Waals surface area (Å²) >= 11 is 5.54. The lowest BCUT2D eigenvalue weighted by Crippen LogP contribution is -2.41. The Labute approximate surface area is 111 Å². The third kappa shape index (κ3) is 5.68. The average molecular weight is 270 g/mol. The zero-order chi connectivity index (χ0) is 13.4. The topological polar surface area (TPSA) is 66.4 Å². The van der Waals surface area contributed by atoms with Crippen LogP contribution in [-0.2, 0) is 4.79 Å². The number of hydrogen-bond donors (Lipinski definition) is 2. The van der Waals surface area contributed by atoms with Crippen molar-refractivity contribution in [2.45, 2.75) is 31.7 Å². The number of hydrogen-bond acceptors (Lipinski definition) is 2. The standard InChI is InChI=1S/C7H11NO3.C6H5Cl/c9-6-4-2-1-3-5(6)8-7(10)11;7-6-4-2-1-3-5-6/h5,8H,1-4H2,(H,10,11);1-5H. The number of carbonyl (C=O) groups is 2. The zero-order valence-corrected chi connectivity index (χ0v) is 10.7. The fraction of sp³-hybridized carbons (Fsp3) is 0.385. The summed E-state index contributed by atoms with van der Waals surface area (Å²) in [6.45, 7) is 0. The maximum absolute atomic E-state index is 11.0. The number of carboxylic acid groups (broad SMARTS) is 1. The lowest BCUT2D eigenvalue weighted by atomic mass is 9.94. The molecule has 1 saturated carbocycles. The zero-order valence-electron chi connectivity index (χ0n) is 9.93. The second-order valence-electron chi connectivity index (χ2n) is 4.01. The van der Waals surface area contributed by atoms with Gasteiger partial charge in [0, 0.05) is 11.4 Å². The lowest BCUT2D eigenvalue weighted by Gasteiger charge is -2.19. The fourth-order valence-corrected chi connectivity index (χ4v) is 1.84. The van der Waals surface area contributed by atoms with Crippen molar-refractivity contribution in [3.8, 4) is 0 Å². The summed E-state index contributed by atoms with van der Waals surface area (Å²) in [5.74, 6) is 0.0265. The van der Waals surface area contributed by atoms with Gasteiger partial charge in [0.25, 0.3) is 0 Å². The van der Waals surface area contributed by atoms with Crippen molar-refractivity contribution in [1.29, 1.82) is 0 Å². The van der Waals surface area contributed by atoms with E-state index in [0.29, 0.717) is 12.8 Å². The van der Waals surface area contributed by atoms with Gasteiger partial charge in [0.2, 0.25) is 0 Å². The Morgan fingerprint density at radius 2 is 1.94 bits per heavy atom. The van der Waals surface area contributed by atoms with Crippen molar-refractivity contribution in [2.75, 3.05) is 0 Å². The van der Waals surface area contributed by atoms with Gasteiger partial charge in [-0.15, -0.1) is 0 Å². The molecule has 1 aliphatic carbocycles. The van der Waals surface area contributed by atoms with Crippen molar-refractivity contribution in [1.82, 2.24) is 5.32 Å². The summed E-state index contributed by atoms with van der Waals surface area (Å²) < 4.78 is 0. The minimum atomic E-state index is -1.11. The van der Waals surface area contributed by atoms with Crippen LogP contribution in [0.5, 0.6) is 0 Å². The first kappa shape index (κ1) is 14.5. The van der Waals surface area contributed by atoms with Crippen molar-refractivity contribution in [3.63, 3.8) is 0 Å². The van der Waals surface area contributed by atoms with Crippen LogP contribution in [0.15, 0.2) is 30.3 Å². The number of carbonyl (C=O) groups excluding carboxylic acids is 1. The highest BCUT2D eigenvalue weighted by molar-refractivity contribution is 6.30. The van der Waals surface area contributed by atoms with Crippen molar-refractivity contribution >= 4 is 23.5 Å². The monoisotopic (exact) mass is 269 g/mol. The molecule has 4 nitrogen and oxygen atoms in total. The molecule has 0 saturated heterocycles. The maximum Gasteiger partial charge on any atom is 0.405 e. The highest BCUT2D eigenvalue weighted by atomic mass is 35.5. The largest absolute Gasteiger partial charge is 0.465 e. The number of rotatable bonds is 1. The molecule has 0 heterocycles. The van der Waals surface area contributed by atoms with E-state index >= 15 is 0 Å². The molecule has 1 aliphatic rings. The minimum absolute atomic E-state index is 0.0265. The number of benzene rings is 1. The fourth-order valence-electron chi connectivity index (χ4n) is 1.70. The Kier molecular flexibility index (Phi) is 6.22. The van der Waals surface area contributed by atoms with Gasteiger partial charge in [-0.05, 0) is 25.0 Å². The molecule has 5 heteroatoms. The summed E-state index contributed by atoms with van der Waals surface area (Å²) in [4.78, 5) is 21.2. The van der Waals surface area contributed by atoms with Gasteiger partial charge in [0.05, 0.1) is 6.04 Å². The van der Waals surface area contributed by atoms with Crippen LogP contribution < -0.4 is 5.32 Å². The minimum Gasteiger partial charge on any atom is -0.465 e. The maximum atomic E-state index is 11.0. The number of nitrogens with one attached hydrogen (secondary N) is 1. The highest BCUT2D eigenvalue weighted by Gasteiger charge is 2.22. The van der Waals surface area contributed by atoms with Crippen molar-refractivity contribution in [2.24, 2.45) is 0 Å². The van der Waals surface area contributed by atoms with Crippen LogP contribution in [0.25, 0.3) is 0 Å². The molecule has 2 N–H and O–H groups in total. The summed E-state index contributed by atoms with van der Waals surface area (Å²) in [6.07, 6.45) is 1.91. The van der Waals surface area contributed by atoms with Gasteiger partial charge >= 0.3 is 6.09 Å². The van der Waals surface area contributed by atoms with Gasteiger partial charge in [-0.2, -0.15) is 0 Å². The van der Waals surface area contributed by atoms with Crippen LogP contribution in [-0.4, -0.2) is 23.0 Å². The smallest absolute Gasteiger partial charge is 0.405 e. The molecule has 1 amide bonds. The molecule has 2 rings (SSSR count). The Bertz CT molecular complexity index is 394. The molecule has 1 aromatic rings. The van der Waals surface area contributed by atoms with E-state index in [1.165, 1.54) is 0 Å². The molecule has 0 aliphatic heterocycles. The van der Waals surface area contributed by atoms with E-state index in [0.717, 1.165) is 17.9 Å². The molecular weight excluding hydrogens is 254 g/mol. The first-order chi connectivity index (χ1) is 8.59. The van der Waals surface area contributed by atoms with E-state index in [2.05, 4.69) is 5.32 Å². The number of amides is 1. The molecule has 1 unspecified atom stereocenters. The average Bonchev–Trinajstić information content (AvgIpc) is 2.33. The molecule has 1 aromatic carbocycles. The highest BCUT2D eigenvalue weighted by Crippen LogP contribution is 2.14. The Hall–Kier alpha value is -1.55. The first-order valence-corrected chi connectivity index (χ1v) is 6.20. The number of halogens is 1. The molecule has 1 atom stereocenters. The van der Waals surface area contributed by atoms with Gasteiger partial charge < -0.3 is 10.4 Å². The van der Waals surface area contributed by atoms with E-state index < -0.39 is 12.1 Å². The van der Waals surface area contributed by atoms with Gasteiger partial charge in [0.1, 0.15) is 0 Å². The van der Waals surface area contributed by atoms with E-state index in [-0.39, 0.29) is 5.78 Å². The number of ketones is 1. The van der Waals surface area contributed by atoms with Gasteiger partial charge in [-0.3, -0.25) is 4.79 Å². The van der Waals surface area contributed by atoms with Gasteiger partial charge in [-0.1, -0.05) is 36.2 Å². The van der Waals surface area contributed by atoms with Crippen LogP contribution in [0, 0.1) is 0 Å². The van der Waals surface area contributed by atoms with Gasteiger partial charge in [0.15, 0.2) is 5.78 Å². The third-order valence-electron chi connectivity index (χ3n) is 2.59. The summed E-state index contributed by atoms with van der Waals surface area (Å²) in [6, 6.07) is 9.00. The first-order valence-electron chi connectivity index (χ1n) is 5.82. The van der Waals surface area contributed by atoms with Crippen molar-refractivity contribution < 1.29 is 14.7 Å². The Morgan fingerprint density at radius 3 is 2.39 bits per heavy atom. The molecular formula is C13H16ClNO3. The molecule has 0 bridgehead atoms. The molecule has 0 radical (unpaired) electrons. The van der Waals surface area contributed by atoms with Crippen LogP contribution >= 0.6 is 11.6 Å². The van der Waals surface area contributed by atoms with E-state index in [1.54, 1.807) is 0 Å². The van der Waals surface area contributed by atoms with E-state index in [9.17, 15) is 9.59 Å². The predicted octanol–water partition coefficient (Wildman–Crippen LogP) is 3.11. The second-order valence-corrected chi connectivity index (χ2v) is 4.45. The van der Waals surface area contributed by atoms with Gasteiger partial charge in [-0.25, -0.2) is 4.79 Å². The third-order valence-corrected chi connectivity index (χ3v) is 2.84. The summed E-state index contributed by atoms with van der Waals surface area (Å²) in [7, 11) is 0. The second kappa shape index (κ2) is 7.71. The molecule has 0 spiro atoms. The Balaban J connectivity index is 0.000000199. The molecule has 18 heavy (non-hydrogen) atoms. The Morgan fingerprint density at radius 1 is 1.28 bits per heavy atom. The molecule has 1 fully saturated rings. The van der Waals surface area contributed by atoms with Crippen LogP contribution in [0.2, 0.25) is 5.02 Å². The van der Waals surface area contributed by atoms with Crippen LogP contribution in [0.3, 0.4) is 0 Å². The van der Waals surface area contributed by atoms with Crippen LogP contribution in [0.4, 0.5) is 4.79 Å². The lowest BCUT2D eigenvalue weighted by molar-refractivity contribution is -0.122. The van der Waals surface area contributed by atoms with Crippen LogP contribution in [0.1, 0.15) is 25.7 Å². The molecule has 0 aromatic heterocycles. The van der Waals surface area contributed by atoms with E-state index in [1.807, 2.05) is 30.3 Å². The predicted molar refractivity (Wildman–Crippen MR) is 69.9 cm³/mol. The normalized spacial score (nSPS) is 18.5. The summed E-state index contributed by atoms with van der Waals surface area (Å²) in [5.41, 5.74) is 0. The quantitative estimate of drug-likeness (QED) is 0.823. The van der Waals surface area contributed by atoms with Crippen molar-refractivity contribution in [3.05, 3.63) is 35.4 Å². The SMILES string of the molecule is Clc1ccccc1.O=C(O)NC1CCCCC1=O. The van der Waals surface area contributed by atoms with E-state index in [4.69, 9.17) is 16.7 Å². The summed E-state index contributed by atoms with van der Waals surface area (Å²) in [5, 5.41) is 11.3. The molecule has 98 valence electrons.